The lowest BCUT2D eigenvalue weighted by Crippen LogP contribution is -2.40. The van der Waals surface area contributed by atoms with Crippen molar-refractivity contribution in [3.63, 3.8) is 0 Å². The number of ether oxygens (including phenoxy) is 1. The first-order chi connectivity index (χ1) is 6.97. The Balaban J connectivity index is 3.79. The van der Waals surface area contributed by atoms with Gasteiger partial charge in [0.25, 0.3) is 0 Å². The Labute approximate surface area is 94.0 Å². The Kier molecular flexibility index (Phi) is 8.02. The van der Waals surface area contributed by atoms with E-state index < -0.39 is 0 Å². The van der Waals surface area contributed by atoms with Gasteiger partial charge in [-0.05, 0) is 24.7 Å². The van der Waals surface area contributed by atoms with Gasteiger partial charge in [-0.2, -0.15) is 0 Å². The minimum Gasteiger partial charge on any atom is -0.394 e. The molecular weight excluding hydrogens is 190 g/mol. The van der Waals surface area contributed by atoms with Gasteiger partial charge in [-0.1, -0.05) is 27.7 Å². The number of aliphatic hydroxyl groups excluding tert-OH is 1. The average Bonchev–Trinajstić information content (AvgIpc) is 2.10. The molecule has 3 nitrogen and oxygen atoms in total. The van der Waals surface area contributed by atoms with E-state index >= 15 is 0 Å². The van der Waals surface area contributed by atoms with Crippen molar-refractivity contribution in [2.75, 3.05) is 13.2 Å². The highest BCUT2D eigenvalue weighted by Crippen LogP contribution is 2.10. The molecule has 3 N–H and O–H groups in total. The van der Waals surface area contributed by atoms with Gasteiger partial charge in [-0.15, -0.1) is 0 Å². The molecule has 0 aromatic rings. The van der Waals surface area contributed by atoms with Gasteiger partial charge in [-0.25, -0.2) is 0 Å². The fourth-order valence-electron chi connectivity index (χ4n) is 1.46. The summed E-state index contributed by atoms with van der Waals surface area (Å²) in [5.41, 5.74) is 5.96. The number of aliphatic hydroxyl groups is 1. The third-order valence-corrected chi connectivity index (χ3v) is 2.43. The van der Waals surface area contributed by atoms with Gasteiger partial charge in [0.15, 0.2) is 0 Å². The van der Waals surface area contributed by atoms with Crippen LogP contribution in [0.3, 0.4) is 0 Å². The van der Waals surface area contributed by atoms with E-state index in [0.717, 1.165) is 12.8 Å². The molecule has 0 bridgehead atoms. The molecule has 0 spiro atoms. The van der Waals surface area contributed by atoms with Crippen LogP contribution in [0.15, 0.2) is 0 Å². The maximum Gasteiger partial charge on any atom is 0.0956 e. The molecule has 92 valence electrons. The topological polar surface area (TPSA) is 55.5 Å². The zero-order valence-corrected chi connectivity index (χ0v) is 10.6. The Morgan fingerprint density at radius 1 is 1.13 bits per heavy atom. The second-order valence-corrected chi connectivity index (χ2v) is 5.07. The highest BCUT2D eigenvalue weighted by Gasteiger charge is 2.18. The van der Waals surface area contributed by atoms with Crippen LogP contribution in [-0.4, -0.2) is 30.5 Å². The molecule has 3 heteroatoms. The predicted molar refractivity (Wildman–Crippen MR) is 63.7 cm³/mol. The van der Waals surface area contributed by atoms with Crippen LogP contribution >= 0.6 is 0 Å². The molecule has 0 aromatic carbocycles. The molecule has 0 aliphatic carbocycles. The second kappa shape index (κ2) is 8.08. The first-order valence-corrected chi connectivity index (χ1v) is 5.95. The van der Waals surface area contributed by atoms with E-state index in [0.29, 0.717) is 18.4 Å². The molecule has 2 unspecified atom stereocenters. The van der Waals surface area contributed by atoms with Crippen molar-refractivity contribution in [1.82, 2.24) is 0 Å². The van der Waals surface area contributed by atoms with Crippen molar-refractivity contribution in [3.8, 4) is 0 Å². The summed E-state index contributed by atoms with van der Waals surface area (Å²) in [6.07, 6.45) is 1.71. The Hall–Kier alpha value is -0.120. The van der Waals surface area contributed by atoms with Crippen LogP contribution in [0.25, 0.3) is 0 Å². The first-order valence-electron chi connectivity index (χ1n) is 5.95. The van der Waals surface area contributed by atoms with Crippen molar-refractivity contribution in [3.05, 3.63) is 0 Å². The van der Waals surface area contributed by atoms with Crippen molar-refractivity contribution in [2.24, 2.45) is 17.6 Å². The van der Waals surface area contributed by atoms with Gasteiger partial charge in [0, 0.05) is 12.6 Å². The summed E-state index contributed by atoms with van der Waals surface area (Å²) in [6, 6.07) is -0.0536. The van der Waals surface area contributed by atoms with Crippen LogP contribution in [0.4, 0.5) is 0 Å². The third-order valence-electron chi connectivity index (χ3n) is 2.43. The van der Waals surface area contributed by atoms with Crippen LogP contribution in [-0.2, 0) is 4.74 Å². The van der Waals surface area contributed by atoms with E-state index in [9.17, 15) is 0 Å². The predicted octanol–water partition coefficient (Wildman–Crippen LogP) is 1.78. The second-order valence-electron chi connectivity index (χ2n) is 5.07. The molecule has 0 saturated carbocycles. The summed E-state index contributed by atoms with van der Waals surface area (Å²) in [6.45, 7) is 9.28. The first kappa shape index (κ1) is 14.9. The lowest BCUT2D eigenvalue weighted by molar-refractivity contribution is -0.00993. The standard InChI is InChI=1S/C12H27NO2/c1-9(2)5-6-15-12(8-14)11(13)7-10(3)4/h9-12,14H,5-8,13H2,1-4H3. The maximum absolute atomic E-state index is 9.17. The van der Waals surface area contributed by atoms with E-state index in [1.165, 1.54) is 0 Å². The Bertz CT molecular complexity index is 149. The van der Waals surface area contributed by atoms with Crippen LogP contribution < -0.4 is 5.73 Å². The Morgan fingerprint density at radius 2 is 1.73 bits per heavy atom. The van der Waals surface area contributed by atoms with Crippen LogP contribution in [0.2, 0.25) is 0 Å². The number of hydrogen-bond acceptors (Lipinski definition) is 3. The molecule has 0 heterocycles. The molecule has 15 heavy (non-hydrogen) atoms. The lowest BCUT2D eigenvalue weighted by Gasteiger charge is -2.24. The summed E-state index contributed by atoms with van der Waals surface area (Å²) in [4.78, 5) is 0. The van der Waals surface area contributed by atoms with Gasteiger partial charge in [-0.3, -0.25) is 0 Å². The molecule has 0 rings (SSSR count). The van der Waals surface area contributed by atoms with Crippen LogP contribution in [0, 0.1) is 11.8 Å². The monoisotopic (exact) mass is 217 g/mol. The summed E-state index contributed by atoms with van der Waals surface area (Å²) < 4.78 is 5.59. The van der Waals surface area contributed by atoms with E-state index in [-0.39, 0.29) is 18.8 Å². The van der Waals surface area contributed by atoms with Gasteiger partial charge in [0.1, 0.15) is 0 Å². The van der Waals surface area contributed by atoms with E-state index in [1.54, 1.807) is 0 Å². The molecule has 0 amide bonds. The fourth-order valence-corrected chi connectivity index (χ4v) is 1.46. The smallest absolute Gasteiger partial charge is 0.0956 e. The number of nitrogens with two attached hydrogens (primary N) is 1. The van der Waals surface area contributed by atoms with Crippen LogP contribution in [0.1, 0.15) is 40.5 Å². The minimum absolute atomic E-state index is 0.0198. The summed E-state index contributed by atoms with van der Waals surface area (Å²) >= 11 is 0. The highest BCUT2D eigenvalue weighted by molar-refractivity contribution is 4.74. The Morgan fingerprint density at radius 3 is 2.13 bits per heavy atom. The zero-order valence-electron chi connectivity index (χ0n) is 10.6. The zero-order chi connectivity index (χ0) is 11.8. The van der Waals surface area contributed by atoms with Crippen molar-refractivity contribution < 1.29 is 9.84 Å². The molecule has 0 saturated heterocycles. The van der Waals surface area contributed by atoms with Crippen LogP contribution in [0.5, 0.6) is 0 Å². The average molecular weight is 217 g/mol. The van der Waals surface area contributed by atoms with E-state index in [4.69, 9.17) is 15.6 Å². The molecule has 2 atom stereocenters. The SMILES string of the molecule is CC(C)CCOC(CO)C(N)CC(C)C. The largest absolute Gasteiger partial charge is 0.394 e. The van der Waals surface area contributed by atoms with Crippen molar-refractivity contribution in [1.29, 1.82) is 0 Å². The summed E-state index contributed by atoms with van der Waals surface area (Å²) in [5.74, 6) is 1.17. The molecule has 0 fully saturated rings. The minimum atomic E-state index is -0.203. The number of rotatable bonds is 8. The fraction of sp³-hybridized carbons (Fsp3) is 1.00. The summed E-state index contributed by atoms with van der Waals surface area (Å²) in [5, 5.41) is 9.17. The van der Waals surface area contributed by atoms with Crippen molar-refractivity contribution in [2.45, 2.75) is 52.7 Å². The van der Waals surface area contributed by atoms with Gasteiger partial charge < -0.3 is 15.6 Å². The van der Waals surface area contributed by atoms with E-state index in [2.05, 4.69) is 27.7 Å². The lowest BCUT2D eigenvalue weighted by atomic mass is 10.0. The quantitative estimate of drug-likeness (QED) is 0.651. The number of hydrogen-bond donors (Lipinski definition) is 2. The van der Waals surface area contributed by atoms with Crippen molar-refractivity contribution >= 4 is 0 Å². The molecular formula is C12H27NO2. The highest BCUT2D eigenvalue weighted by atomic mass is 16.5. The van der Waals surface area contributed by atoms with E-state index in [1.807, 2.05) is 0 Å². The summed E-state index contributed by atoms with van der Waals surface area (Å²) in [7, 11) is 0. The normalized spacial score (nSPS) is 16.0. The van der Waals surface area contributed by atoms with Gasteiger partial charge in [0.2, 0.25) is 0 Å². The molecule has 0 radical (unpaired) electrons. The maximum atomic E-state index is 9.17. The van der Waals surface area contributed by atoms with Gasteiger partial charge in [0.05, 0.1) is 12.7 Å². The third kappa shape index (κ3) is 7.77. The molecule has 0 aliphatic rings. The molecule has 0 aliphatic heterocycles. The van der Waals surface area contributed by atoms with Gasteiger partial charge >= 0.3 is 0 Å². The molecule has 0 aromatic heterocycles.